The molecule has 0 bridgehead atoms. The molecular formula is C25H30N2O6S. The second-order valence-electron chi connectivity index (χ2n) is 9.82. The smallest absolute Gasteiger partial charge is 0.207 e. The van der Waals surface area contributed by atoms with E-state index >= 15 is 0 Å². The van der Waals surface area contributed by atoms with Gasteiger partial charge in [-0.3, -0.25) is 0 Å². The number of sulfone groups is 1. The molecule has 0 spiro atoms. The number of epoxide rings is 4. The van der Waals surface area contributed by atoms with Crippen LogP contribution in [0.25, 0.3) is 0 Å². The van der Waals surface area contributed by atoms with Crippen molar-refractivity contribution in [1.82, 2.24) is 0 Å². The first kappa shape index (κ1) is 22.3. The molecule has 8 nitrogen and oxygen atoms in total. The van der Waals surface area contributed by atoms with Crippen LogP contribution in [-0.4, -0.2) is 59.3 Å². The summed E-state index contributed by atoms with van der Waals surface area (Å²) in [5.74, 6) is 0. The number of aryl methyl sites for hydroxylation is 1. The standard InChI is InChI=1S/C25H30N2O6S/c1-13-4-18(2-3-23(13)26)34(28,29)25-21(7-16-11-32-16)19(5-14-9-30-14)20(6-15-10-31-15)24(27)22(25)8-17-12-33-17/h2-4,14-17H,5-12,26-27H2,1H3. The van der Waals surface area contributed by atoms with Gasteiger partial charge in [-0.25, -0.2) is 8.42 Å². The summed E-state index contributed by atoms with van der Waals surface area (Å²) in [4.78, 5) is 0.540. The van der Waals surface area contributed by atoms with Gasteiger partial charge in [-0.15, -0.1) is 0 Å². The van der Waals surface area contributed by atoms with Crippen LogP contribution in [0.1, 0.15) is 27.8 Å². The maximum absolute atomic E-state index is 14.3. The zero-order valence-corrected chi connectivity index (χ0v) is 20.0. The van der Waals surface area contributed by atoms with Gasteiger partial charge in [0, 0.05) is 37.1 Å². The monoisotopic (exact) mass is 486 g/mol. The van der Waals surface area contributed by atoms with Crippen LogP contribution < -0.4 is 11.5 Å². The Labute approximate surface area is 199 Å². The highest BCUT2D eigenvalue weighted by atomic mass is 32.2. The number of benzene rings is 2. The molecule has 4 heterocycles. The summed E-state index contributed by atoms with van der Waals surface area (Å²) >= 11 is 0. The number of nitrogen functional groups attached to an aromatic ring is 2. The van der Waals surface area contributed by atoms with Crippen molar-refractivity contribution >= 4 is 21.2 Å². The molecule has 6 rings (SSSR count). The van der Waals surface area contributed by atoms with Crippen molar-refractivity contribution in [3.05, 3.63) is 46.0 Å². The molecule has 34 heavy (non-hydrogen) atoms. The molecule has 4 aliphatic heterocycles. The van der Waals surface area contributed by atoms with E-state index in [1.54, 1.807) is 18.2 Å². The summed E-state index contributed by atoms with van der Waals surface area (Å²) in [6.45, 7) is 4.43. The average Bonchev–Trinajstić information content (AvgIpc) is 3.59. The molecule has 182 valence electrons. The SMILES string of the molecule is Cc1cc(S(=O)(=O)c2c(CC3CO3)c(N)c(CC3CO3)c(CC3CO3)c2CC2CO2)ccc1N. The van der Waals surface area contributed by atoms with Crippen molar-refractivity contribution in [2.45, 2.75) is 66.8 Å². The average molecular weight is 487 g/mol. The van der Waals surface area contributed by atoms with Crippen molar-refractivity contribution in [3.8, 4) is 0 Å². The van der Waals surface area contributed by atoms with Crippen molar-refractivity contribution in [2.24, 2.45) is 0 Å². The van der Waals surface area contributed by atoms with Crippen molar-refractivity contribution in [1.29, 1.82) is 0 Å². The highest BCUT2D eigenvalue weighted by Crippen LogP contribution is 2.42. The van der Waals surface area contributed by atoms with E-state index in [0.29, 0.717) is 73.9 Å². The lowest BCUT2D eigenvalue weighted by atomic mass is 9.87. The van der Waals surface area contributed by atoms with E-state index in [-0.39, 0.29) is 29.3 Å². The van der Waals surface area contributed by atoms with Gasteiger partial charge in [0.05, 0.1) is 60.6 Å². The fourth-order valence-corrected chi connectivity index (χ4v) is 6.64. The maximum Gasteiger partial charge on any atom is 0.207 e. The largest absolute Gasteiger partial charge is 0.399 e. The van der Waals surface area contributed by atoms with Gasteiger partial charge in [0.1, 0.15) is 0 Å². The Morgan fingerprint density at radius 1 is 0.765 bits per heavy atom. The zero-order chi connectivity index (χ0) is 23.6. The van der Waals surface area contributed by atoms with E-state index in [0.717, 1.165) is 22.3 Å². The van der Waals surface area contributed by atoms with Crippen LogP contribution in [0.2, 0.25) is 0 Å². The van der Waals surface area contributed by atoms with E-state index in [1.165, 1.54) is 0 Å². The molecule has 0 amide bonds. The first-order chi connectivity index (χ1) is 16.3. The van der Waals surface area contributed by atoms with E-state index in [9.17, 15) is 8.42 Å². The minimum Gasteiger partial charge on any atom is -0.399 e. The lowest BCUT2D eigenvalue weighted by molar-refractivity contribution is 0.396. The second-order valence-corrected chi connectivity index (χ2v) is 11.7. The zero-order valence-electron chi connectivity index (χ0n) is 19.2. The predicted molar refractivity (Wildman–Crippen MR) is 126 cm³/mol. The number of anilines is 2. The molecule has 0 aromatic heterocycles. The highest BCUT2D eigenvalue weighted by Gasteiger charge is 2.39. The number of nitrogens with two attached hydrogens (primary N) is 2. The normalized spacial score (nSPS) is 27.0. The number of hydrogen-bond acceptors (Lipinski definition) is 8. The number of rotatable bonds is 10. The van der Waals surface area contributed by atoms with Gasteiger partial charge in [0.25, 0.3) is 0 Å². The molecule has 0 radical (unpaired) electrons. The lowest BCUT2D eigenvalue weighted by Gasteiger charge is -2.25. The fraction of sp³-hybridized carbons (Fsp3) is 0.520. The molecule has 2 aromatic rings. The third kappa shape index (κ3) is 4.43. The molecule has 2 aromatic carbocycles. The predicted octanol–water partition coefficient (Wildman–Crippen LogP) is 1.76. The summed E-state index contributed by atoms with van der Waals surface area (Å²) in [5.41, 5.74) is 18.1. The minimum absolute atomic E-state index is 0.0136. The molecule has 0 aliphatic carbocycles. The highest BCUT2D eigenvalue weighted by molar-refractivity contribution is 7.91. The second kappa shape index (κ2) is 8.20. The van der Waals surface area contributed by atoms with Crippen LogP contribution >= 0.6 is 0 Å². The number of ether oxygens (including phenoxy) is 4. The van der Waals surface area contributed by atoms with Crippen LogP contribution in [0.5, 0.6) is 0 Å². The first-order valence-corrected chi connectivity index (χ1v) is 13.3. The van der Waals surface area contributed by atoms with Gasteiger partial charge in [-0.1, -0.05) is 0 Å². The third-order valence-corrected chi connectivity index (χ3v) is 8.99. The maximum atomic E-state index is 14.3. The van der Waals surface area contributed by atoms with Crippen molar-refractivity contribution in [3.63, 3.8) is 0 Å². The van der Waals surface area contributed by atoms with Gasteiger partial charge in [0.15, 0.2) is 0 Å². The molecule has 4 atom stereocenters. The van der Waals surface area contributed by atoms with Crippen LogP contribution in [0, 0.1) is 6.92 Å². The quantitative estimate of drug-likeness (QED) is 0.383. The van der Waals surface area contributed by atoms with Crippen molar-refractivity contribution < 1.29 is 27.4 Å². The third-order valence-electron chi connectivity index (χ3n) is 7.08. The lowest BCUT2D eigenvalue weighted by Crippen LogP contribution is -2.21. The van der Waals surface area contributed by atoms with Crippen LogP contribution in [0.3, 0.4) is 0 Å². The van der Waals surface area contributed by atoms with Crippen LogP contribution in [0.15, 0.2) is 28.0 Å². The first-order valence-electron chi connectivity index (χ1n) is 11.8. The summed E-state index contributed by atoms with van der Waals surface area (Å²) in [6.07, 6.45) is 2.51. The van der Waals surface area contributed by atoms with Gasteiger partial charge in [0.2, 0.25) is 9.84 Å². The van der Waals surface area contributed by atoms with Crippen LogP contribution in [0.4, 0.5) is 11.4 Å². The molecule has 0 saturated carbocycles. The summed E-state index contributed by atoms with van der Waals surface area (Å²) in [5, 5.41) is 0. The van der Waals surface area contributed by atoms with E-state index in [1.807, 2.05) is 6.92 Å². The Morgan fingerprint density at radius 2 is 1.24 bits per heavy atom. The van der Waals surface area contributed by atoms with Crippen LogP contribution in [-0.2, 0) is 54.5 Å². The Hall–Kier alpha value is -2.17. The topological polar surface area (TPSA) is 136 Å². The van der Waals surface area contributed by atoms with E-state index in [4.69, 9.17) is 30.4 Å². The fourth-order valence-electron chi connectivity index (χ4n) is 4.78. The van der Waals surface area contributed by atoms with Crippen molar-refractivity contribution in [2.75, 3.05) is 37.9 Å². The van der Waals surface area contributed by atoms with E-state index in [2.05, 4.69) is 0 Å². The van der Waals surface area contributed by atoms with Gasteiger partial charge >= 0.3 is 0 Å². The molecule has 9 heteroatoms. The summed E-state index contributed by atoms with van der Waals surface area (Å²) in [7, 11) is -3.88. The Morgan fingerprint density at radius 3 is 1.74 bits per heavy atom. The summed E-state index contributed by atoms with van der Waals surface area (Å²) < 4.78 is 50.7. The Bertz CT molecular complexity index is 1240. The Kier molecular flexibility index (Phi) is 5.38. The molecule has 4 aliphatic rings. The molecule has 4 saturated heterocycles. The number of hydrogen-bond donors (Lipinski definition) is 2. The molecule has 4 fully saturated rings. The van der Waals surface area contributed by atoms with Gasteiger partial charge in [-0.2, -0.15) is 0 Å². The summed E-state index contributed by atoms with van der Waals surface area (Å²) in [6, 6.07) is 4.88. The van der Waals surface area contributed by atoms with Gasteiger partial charge < -0.3 is 30.4 Å². The molecule has 4 N–H and O–H groups in total. The van der Waals surface area contributed by atoms with E-state index < -0.39 is 9.84 Å². The Balaban J connectivity index is 1.59. The minimum atomic E-state index is -3.88. The molecule has 4 unspecified atom stereocenters. The molecular weight excluding hydrogens is 456 g/mol. The van der Waals surface area contributed by atoms with Gasteiger partial charge in [-0.05, 0) is 52.9 Å².